The van der Waals surface area contributed by atoms with Gasteiger partial charge in [0.25, 0.3) is 5.91 Å². The fraction of sp³-hybridized carbons (Fsp3) is 0.364. The van der Waals surface area contributed by atoms with Crippen molar-refractivity contribution in [2.75, 3.05) is 49.9 Å². The van der Waals surface area contributed by atoms with Crippen molar-refractivity contribution in [3.63, 3.8) is 0 Å². The maximum atomic E-state index is 13.9. The number of rotatable bonds is 7. The van der Waals surface area contributed by atoms with Crippen LogP contribution in [-0.2, 0) is 9.84 Å². The highest BCUT2D eigenvalue weighted by molar-refractivity contribution is 7.91. The lowest BCUT2D eigenvalue weighted by Crippen LogP contribution is -2.48. The molecule has 1 aliphatic heterocycles. The van der Waals surface area contributed by atoms with Gasteiger partial charge in [-0.05, 0) is 30.3 Å². The van der Waals surface area contributed by atoms with Crippen LogP contribution in [0, 0.1) is 5.82 Å². The number of carbonyl (C=O) groups excluding carboxylic acids is 1. The van der Waals surface area contributed by atoms with Gasteiger partial charge in [0.05, 0.1) is 15.3 Å². The fourth-order valence-electron chi connectivity index (χ4n) is 3.63. The molecule has 3 aromatic rings. The Morgan fingerprint density at radius 2 is 1.88 bits per heavy atom. The minimum absolute atomic E-state index is 0. The SMILES string of the molecule is CCS(=O)(=O)c1cccc(C(=O)NCCN2CCN(c3nc4c(F)cccc4s3)CC2)c1.Cl. The van der Waals surface area contributed by atoms with E-state index < -0.39 is 9.84 Å². The van der Waals surface area contributed by atoms with E-state index in [1.807, 2.05) is 6.07 Å². The first-order valence-electron chi connectivity index (χ1n) is 10.5. The number of thiazole rings is 1. The van der Waals surface area contributed by atoms with Gasteiger partial charge >= 0.3 is 0 Å². The molecule has 4 rings (SSSR count). The Bertz CT molecular complexity index is 1230. The number of sulfone groups is 1. The van der Waals surface area contributed by atoms with E-state index in [4.69, 9.17) is 0 Å². The van der Waals surface area contributed by atoms with Gasteiger partial charge in [0, 0.05) is 44.8 Å². The molecule has 2 aromatic carbocycles. The highest BCUT2D eigenvalue weighted by atomic mass is 35.5. The molecule has 1 amide bonds. The van der Waals surface area contributed by atoms with Crippen LogP contribution in [0.25, 0.3) is 10.2 Å². The molecule has 7 nitrogen and oxygen atoms in total. The molecule has 0 spiro atoms. The molecule has 178 valence electrons. The summed E-state index contributed by atoms with van der Waals surface area (Å²) in [7, 11) is -3.35. The standard InChI is InChI=1S/C22H25FN4O3S2.ClH/c1-2-32(29,30)17-6-3-5-16(15-17)21(28)24-9-10-26-11-13-27(14-12-26)22-25-20-18(23)7-4-8-19(20)31-22;/h3-8,15H,2,9-14H2,1H3,(H,24,28);1H. The summed E-state index contributed by atoms with van der Waals surface area (Å²) in [5.74, 6) is -0.582. The molecule has 1 aliphatic rings. The van der Waals surface area contributed by atoms with Gasteiger partial charge in [0.1, 0.15) is 11.3 Å². The second-order valence-electron chi connectivity index (χ2n) is 7.60. The van der Waals surface area contributed by atoms with Crippen molar-refractivity contribution in [3.05, 3.63) is 53.8 Å². The Hall–Kier alpha value is -2.27. The molecule has 1 fully saturated rings. The number of aromatic nitrogens is 1. The molecule has 0 bridgehead atoms. The number of nitrogens with zero attached hydrogens (tertiary/aromatic N) is 3. The number of fused-ring (bicyclic) bond motifs is 1. The number of halogens is 2. The zero-order valence-corrected chi connectivity index (χ0v) is 20.6. The Kier molecular flexibility index (Phi) is 8.28. The normalized spacial score (nSPS) is 14.8. The van der Waals surface area contributed by atoms with E-state index in [9.17, 15) is 17.6 Å². The largest absolute Gasteiger partial charge is 0.351 e. The smallest absolute Gasteiger partial charge is 0.251 e. The summed E-state index contributed by atoms with van der Waals surface area (Å²) >= 11 is 1.50. The number of piperazine rings is 1. The van der Waals surface area contributed by atoms with Gasteiger partial charge < -0.3 is 10.2 Å². The van der Waals surface area contributed by atoms with Crippen molar-refractivity contribution in [2.45, 2.75) is 11.8 Å². The molecule has 0 atom stereocenters. The highest BCUT2D eigenvalue weighted by Gasteiger charge is 2.21. The van der Waals surface area contributed by atoms with Crippen molar-refractivity contribution in [3.8, 4) is 0 Å². The highest BCUT2D eigenvalue weighted by Crippen LogP contribution is 2.30. The maximum absolute atomic E-state index is 13.9. The number of anilines is 1. The van der Waals surface area contributed by atoms with Crippen LogP contribution in [0.15, 0.2) is 47.4 Å². The molecule has 1 aromatic heterocycles. The van der Waals surface area contributed by atoms with Crippen molar-refractivity contribution >= 4 is 54.8 Å². The van der Waals surface area contributed by atoms with Crippen LogP contribution in [0.4, 0.5) is 9.52 Å². The van der Waals surface area contributed by atoms with Gasteiger partial charge in [-0.25, -0.2) is 17.8 Å². The summed E-state index contributed by atoms with van der Waals surface area (Å²) in [5, 5.41) is 3.70. The van der Waals surface area contributed by atoms with Crippen molar-refractivity contribution in [1.29, 1.82) is 0 Å². The second-order valence-corrected chi connectivity index (χ2v) is 10.9. The molecule has 33 heavy (non-hydrogen) atoms. The maximum Gasteiger partial charge on any atom is 0.251 e. The monoisotopic (exact) mass is 512 g/mol. The first kappa shape index (κ1) is 25.4. The number of para-hydroxylation sites is 1. The Labute approximate surface area is 202 Å². The number of amides is 1. The lowest BCUT2D eigenvalue weighted by atomic mass is 10.2. The molecule has 1 N–H and O–H groups in total. The third-order valence-electron chi connectivity index (χ3n) is 5.55. The van der Waals surface area contributed by atoms with E-state index in [1.54, 1.807) is 25.1 Å². The zero-order valence-electron chi connectivity index (χ0n) is 18.2. The van der Waals surface area contributed by atoms with E-state index >= 15 is 0 Å². The van der Waals surface area contributed by atoms with Crippen LogP contribution in [-0.4, -0.2) is 69.2 Å². The molecular weight excluding hydrogens is 487 g/mol. The van der Waals surface area contributed by atoms with Gasteiger partial charge in [0.15, 0.2) is 15.0 Å². The molecular formula is C22H26ClFN4O3S2. The van der Waals surface area contributed by atoms with Gasteiger partial charge in [-0.2, -0.15) is 0 Å². The number of hydrogen-bond donors (Lipinski definition) is 1. The number of hydrogen-bond acceptors (Lipinski definition) is 7. The van der Waals surface area contributed by atoms with E-state index in [0.717, 1.165) is 36.0 Å². The minimum atomic E-state index is -3.35. The Balaban J connectivity index is 0.00000306. The lowest BCUT2D eigenvalue weighted by molar-refractivity contribution is 0.0947. The van der Waals surface area contributed by atoms with E-state index in [2.05, 4.69) is 20.1 Å². The average Bonchev–Trinajstić information content (AvgIpc) is 3.25. The minimum Gasteiger partial charge on any atom is -0.351 e. The fourth-order valence-corrected chi connectivity index (χ4v) is 5.59. The third-order valence-corrected chi connectivity index (χ3v) is 8.36. The topological polar surface area (TPSA) is 82.6 Å². The molecule has 0 saturated carbocycles. The average molecular weight is 513 g/mol. The van der Waals surface area contributed by atoms with Crippen LogP contribution in [0.5, 0.6) is 0 Å². The van der Waals surface area contributed by atoms with Crippen molar-refractivity contribution < 1.29 is 17.6 Å². The summed E-state index contributed by atoms with van der Waals surface area (Å²) in [6, 6.07) is 11.1. The van der Waals surface area contributed by atoms with Crippen LogP contribution >= 0.6 is 23.7 Å². The summed E-state index contributed by atoms with van der Waals surface area (Å²) in [6.45, 7) is 5.95. The third kappa shape index (κ3) is 5.81. The van der Waals surface area contributed by atoms with Gasteiger partial charge in [-0.3, -0.25) is 9.69 Å². The lowest BCUT2D eigenvalue weighted by Gasteiger charge is -2.34. The van der Waals surface area contributed by atoms with E-state index in [-0.39, 0.29) is 34.8 Å². The Morgan fingerprint density at radius 1 is 1.15 bits per heavy atom. The molecule has 1 saturated heterocycles. The summed E-state index contributed by atoms with van der Waals surface area (Å²) in [6.07, 6.45) is 0. The van der Waals surface area contributed by atoms with E-state index in [1.165, 1.54) is 29.5 Å². The van der Waals surface area contributed by atoms with E-state index in [0.29, 0.717) is 24.2 Å². The quantitative estimate of drug-likeness (QED) is 0.523. The summed E-state index contributed by atoms with van der Waals surface area (Å²) in [4.78, 5) is 21.5. The van der Waals surface area contributed by atoms with Gasteiger partial charge in [0.2, 0.25) is 0 Å². The predicted octanol–water partition coefficient (Wildman–Crippen LogP) is 3.20. The number of nitrogens with one attached hydrogen (secondary N) is 1. The van der Waals surface area contributed by atoms with Crippen LogP contribution in [0.1, 0.15) is 17.3 Å². The van der Waals surface area contributed by atoms with Crippen molar-refractivity contribution in [1.82, 2.24) is 15.2 Å². The molecule has 11 heteroatoms. The van der Waals surface area contributed by atoms with Crippen LogP contribution in [0.3, 0.4) is 0 Å². The van der Waals surface area contributed by atoms with Gasteiger partial charge in [-0.1, -0.05) is 30.4 Å². The summed E-state index contributed by atoms with van der Waals surface area (Å²) in [5.41, 5.74) is 0.765. The first-order valence-corrected chi connectivity index (χ1v) is 13.0. The van der Waals surface area contributed by atoms with Crippen LogP contribution in [0.2, 0.25) is 0 Å². The first-order chi connectivity index (χ1) is 15.4. The van der Waals surface area contributed by atoms with Crippen LogP contribution < -0.4 is 10.2 Å². The molecule has 2 heterocycles. The van der Waals surface area contributed by atoms with Crippen molar-refractivity contribution in [2.24, 2.45) is 0 Å². The predicted molar refractivity (Wildman–Crippen MR) is 132 cm³/mol. The molecule has 0 aliphatic carbocycles. The molecule has 0 unspecified atom stereocenters. The molecule has 0 radical (unpaired) electrons. The van der Waals surface area contributed by atoms with Gasteiger partial charge in [-0.15, -0.1) is 12.4 Å². The Morgan fingerprint density at radius 3 is 2.58 bits per heavy atom. The zero-order chi connectivity index (χ0) is 22.7. The number of carbonyl (C=O) groups is 1. The number of benzene rings is 2. The summed E-state index contributed by atoms with van der Waals surface area (Å²) < 4.78 is 38.8. The second kappa shape index (κ2) is 10.8.